The van der Waals surface area contributed by atoms with E-state index in [1.54, 1.807) is 0 Å². The monoisotopic (exact) mass is 213 g/mol. The zero-order chi connectivity index (χ0) is 11.6. The minimum absolute atomic E-state index is 0.291. The normalized spacial score (nSPS) is 29.6. The highest BCUT2D eigenvalue weighted by Crippen LogP contribution is 2.43. The predicted molar refractivity (Wildman–Crippen MR) is 65.0 cm³/mol. The van der Waals surface area contributed by atoms with E-state index < -0.39 is 0 Å². The van der Waals surface area contributed by atoms with Crippen LogP contribution in [-0.2, 0) is 4.74 Å². The van der Waals surface area contributed by atoms with Gasteiger partial charge in [-0.3, -0.25) is 0 Å². The Balaban J connectivity index is 2.34. The first kappa shape index (κ1) is 13.0. The number of rotatable bonds is 5. The fourth-order valence-electron chi connectivity index (χ4n) is 2.16. The molecule has 1 N–H and O–H groups in total. The molecule has 0 aliphatic heterocycles. The molecule has 0 spiro atoms. The van der Waals surface area contributed by atoms with E-state index in [4.69, 9.17) is 4.74 Å². The van der Waals surface area contributed by atoms with E-state index in [2.05, 4.69) is 46.9 Å². The van der Waals surface area contributed by atoms with Crippen LogP contribution in [0.25, 0.3) is 0 Å². The van der Waals surface area contributed by atoms with Gasteiger partial charge in [0.1, 0.15) is 0 Å². The molecule has 2 unspecified atom stereocenters. The van der Waals surface area contributed by atoms with Gasteiger partial charge in [-0.2, -0.15) is 0 Å². The van der Waals surface area contributed by atoms with Crippen molar-refractivity contribution in [1.82, 2.24) is 5.32 Å². The second kappa shape index (κ2) is 4.84. The minimum atomic E-state index is 0.291. The van der Waals surface area contributed by atoms with Crippen molar-refractivity contribution in [2.24, 2.45) is 11.3 Å². The first-order valence-electron chi connectivity index (χ1n) is 6.21. The lowest BCUT2D eigenvalue weighted by atomic mass is 9.64. The number of hydrogen-bond acceptors (Lipinski definition) is 2. The van der Waals surface area contributed by atoms with Crippen molar-refractivity contribution in [2.75, 3.05) is 6.61 Å². The van der Waals surface area contributed by atoms with E-state index in [1.165, 1.54) is 0 Å². The third-order valence-electron chi connectivity index (χ3n) is 3.34. The largest absolute Gasteiger partial charge is 0.377 e. The Morgan fingerprint density at radius 3 is 2.27 bits per heavy atom. The van der Waals surface area contributed by atoms with Gasteiger partial charge < -0.3 is 10.1 Å². The number of nitrogens with one attached hydrogen (secondary N) is 1. The molecule has 2 heteroatoms. The maximum Gasteiger partial charge on any atom is 0.0656 e. The fraction of sp³-hybridized carbons (Fsp3) is 1.00. The molecule has 0 aromatic rings. The molecule has 0 aromatic carbocycles. The molecule has 2 nitrogen and oxygen atoms in total. The Kier molecular flexibility index (Phi) is 4.19. The molecule has 0 aromatic heterocycles. The third-order valence-corrected chi connectivity index (χ3v) is 3.34. The minimum Gasteiger partial charge on any atom is -0.377 e. The van der Waals surface area contributed by atoms with E-state index in [-0.39, 0.29) is 0 Å². The molecule has 90 valence electrons. The van der Waals surface area contributed by atoms with Crippen molar-refractivity contribution in [1.29, 1.82) is 0 Å². The van der Waals surface area contributed by atoms with Gasteiger partial charge in [0, 0.05) is 24.1 Å². The van der Waals surface area contributed by atoms with Gasteiger partial charge in [-0.25, -0.2) is 0 Å². The molecule has 1 rings (SSSR count). The van der Waals surface area contributed by atoms with Gasteiger partial charge in [-0.15, -0.1) is 0 Å². The van der Waals surface area contributed by atoms with Crippen LogP contribution in [0.3, 0.4) is 0 Å². The molecule has 1 aliphatic rings. The maximum absolute atomic E-state index is 5.93. The average molecular weight is 213 g/mol. The first-order valence-corrected chi connectivity index (χ1v) is 6.21. The molecule has 0 amide bonds. The molecule has 1 saturated carbocycles. The Morgan fingerprint density at radius 1 is 1.27 bits per heavy atom. The number of hydrogen-bond donors (Lipinski definition) is 1. The van der Waals surface area contributed by atoms with Crippen molar-refractivity contribution < 1.29 is 4.74 Å². The van der Waals surface area contributed by atoms with Gasteiger partial charge in [0.25, 0.3) is 0 Å². The molecule has 1 fully saturated rings. The van der Waals surface area contributed by atoms with E-state index in [0.717, 1.165) is 13.0 Å². The molecular weight excluding hydrogens is 186 g/mol. The molecule has 0 bridgehead atoms. The second-order valence-corrected chi connectivity index (χ2v) is 6.15. The summed E-state index contributed by atoms with van der Waals surface area (Å²) < 4.78 is 5.93. The number of ether oxygens (including phenoxy) is 1. The Labute approximate surface area is 94.8 Å². The maximum atomic E-state index is 5.93. The lowest BCUT2D eigenvalue weighted by Gasteiger charge is -2.52. The summed E-state index contributed by atoms with van der Waals surface area (Å²) in [4.78, 5) is 0. The van der Waals surface area contributed by atoms with Crippen molar-refractivity contribution in [3.8, 4) is 0 Å². The van der Waals surface area contributed by atoms with Crippen molar-refractivity contribution in [2.45, 2.75) is 66.2 Å². The van der Waals surface area contributed by atoms with Crippen LogP contribution in [0.2, 0.25) is 0 Å². The lowest BCUT2D eigenvalue weighted by molar-refractivity contribution is -0.125. The van der Waals surface area contributed by atoms with Gasteiger partial charge in [-0.05, 0) is 12.3 Å². The third kappa shape index (κ3) is 3.18. The fourth-order valence-corrected chi connectivity index (χ4v) is 2.16. The van der Waals surface area contributed by atoms with Gasteiger partial charge in [0.05, 0.1) is 6.10 Å². The van der Waals surface area contributed by atoms with E-state index in [9.17, 15) is 0 Å². The van der Waals surface area contributed by atoms with Crippen LogP contribution in [0.15, 0.2) is 0 Å². The van der Waals surface area contributed by atoms with Crippen molar-refractivity contribution in [3.05, 3.63) is 0 Å². The zero-order valence-electron chi connectivity index (χ0n) is 11.1. The molecule has 0 heterocycles. The van der Waals surface area contributed by atoms with E-state index in [0.29, 0.717) is 29.5 Å². The van der Waals surface area contributed by atoms with Crippen molar-refractivity contribution in [3.63, 3.8) is 0 Å². The van der Waals surface area contributed by atoms with Gasteiger partial charge in [0.15, 0.2) is 0 Å². The Morgan fingerprint density at radius 2 is 1.87 bits per heavy atom. The Bertz CT molecular complexity index is 199. The van der Waals surface area contributed by atoms with Crippen LogP contribution in [0.1, 0.15) is 48.0 Å². The highest BCUT2D eigenvalue weighted by molar-refractivity contribution is 5.03. The standard InChI is InChI=1S/C13H27NO/c1-9(2)8-15-12-7-11(13(12,5)6)14-10(3)4/h9-12,14H,7-8H2,1-6H3. The summed E-state index contributed by atoms with van der Waals surface area (Å²) in [6.45, 7) is 14.3. The smallest absolute Gasteiger partial charge is 0.0656 e. The van der Waals surface area contributed by atoms with Crippen LogP contribution >= 0.6 is 0 Å². The van der Waals surface area contributed by atoms with Crippen LogP contribution in [0.4, 0.5) is 0 Å². The molecule has 15 heavy (non-hydrogen) atoms. The lowest BCUT2D eigenvalue weighted by Crippen LogP contribution is -2.62. The predicted octanol–water partition coefficient (Wildman–Crippen LogP) is 2.82. The van der Waals surface area contributed by atoms with Crippen molar-refractivity contribution >= 4 is 0 Å². The van der Waals surface area contributed by atoms with Crippen LogP contribution in [0, 0.1) is 11.3 Å². The van der Waals surface area contributed by atoms with E-state index >= 15 is 0 Å². The quantitative estimate of drug-likeness (QED) is 0.758. The zero-order valence-corrected chi connectivity index (χ0v) is 11.1. The molecule has 2 atom stereocenters. The summed E-state index contributed by atoms with van der Waals surface area (Å²) in [5.41, 5.74) is 0.291. The average Bonchev–Trinajstić information content (AvgIpc) is 2.09. The summed E-state index contributed by atoms with van der Waals surface area (Å²) in [5.74, 6) is 0.637. The molecular formula is C13H27NO. The van der Waals surface area contributed by atoms with Gasteiger partial charge >= 0.3 is 0 Å². The first-order chi connectivity index (χ1) is 6.84. The molecule has 0 saturated heterocycles. The summed E-state index contributed by atoms with van der Waals surface area (Å²) in [7, 11) is 0. The van der Waals surface area contributed by atoms with Crippen LogP contribution < -0.4 is 5.32 Å². The second-order valence-electron chi connectivity index (χ2n) is 6.15. The highest BCUT2D eigenvalue weighted by atomic mass is 16.5. The van der Waals surface area contributed by atoms with Gasteiger partial charge in [0.2, 0.25) is 0 Å². The highest BCUT2D eigenvalue weighted by Gasteiger charge is 2.48. The van der Waals surface area contributed by atoms with E-state index in [1.807, 2.05) is 0 Å². The summed E-state index contributed by atoms with van der Waals surface area (Å²) in [6.07, 6.45) is 1.61. The summed E-state index contributed by atoms with van der Waals surface area (Å²) >= 11 is 0. The Hall–Kier alpha value is -0.0800. The SMILES string of the molecule is CC(C)COC1CC(NC(C)C)C1(C)C. The molecule has 1 aliphatic carbocycles. The molecule has 0 radical (unpaired) electrons. The van der Waals surface area contributed by atoms with Crippen LogP contribution in [-0.4, -0.2) is 24.8 Å². The topological polar surface area (TPSA) is 21.3 Å². The summed E-state index contributed by atoms with van der Waals surface area (Å²) in [6, 6.07) is 1.19. The van der Waals surface area contributed by atoms with Gasteiger partial charge in [-0.1, -0.05) is 41.5 Å². The van der Waals surface area contributed by atoms with Crippen LogP contribution in [0.5, 0.6) is 0 Å². The summed E-state index contributed by atoms with van der Waals surface area (Å²) in [5, 5.41) is 3.61.